The van der Waals surface area contributed by atoms with Crippen molar-refractivity contribution in [3.05, 3.63) is 101 Å². The number of aromatic nitrogens is 3. The van der Waals surface area contributed by atoms with E-state index in [0.717, 1.165) is 0 Å². The molecule has 47 heavy (non-hydrogen) atoms. The first-order valence-electron chi connectivity index (χ1n) is 15.4. The summed E-state index contributed by atoms with van der Waals surface area (Å²) in [5, 5.41) is 7.15. The van der Waals surface area contributed by atoms with Crippen LogP contribution in [-0.2, 0) is 14.6 Å². The molecule has 3 heterocycles. The van der Waals surface area contributed by atoms with E-state index in [1.165, 1.54) is 23.8 Å². The van der Waals surface area contributed by atoms with Crippen LogP contribution in [0.15, 0.2) is 88.7 Å². The van der Waals surface area contributed by atoms with E-state index in [-0.39, 0.29) is 46.7 Å². The molecule has 10 nitrogen and oxygen atoms in total. The highest BCUT2D eigenvalue weighted by atomic mass is 32.2. The molecule has 5 aromatic rings. The van der Waals surface area contributed by atoms with Gasteiger partial charge in [0.25, 0.3) is 5.56 Å². The number of sulfone groups is 1. The summed E-state index contributed by atoms with van der Waals surface area (Å²) in [6, 6.07) is 21.1. The number of ether oxygens (including phenoxy) is 1. The number of hydrogen-bond donors (Lipinski definition) is 2. The summed E-state index contributed by atoms with van der Waals surface area (Å²) in [4.78, 5) is 25.6. The average Bonchev–Trinajstić information content (AvgIpc) is 3.04. The smallest absolute Gasteiger partial charge is 0.264 e. The van der Waals surface area contributed by atoms with Crippen LogP contribution in [-0.4, -0.2) is 67.6 Å². The number of methoxy groups -OCH3 is 1. The van der Waals surface area contributed by atoms with Crippen LogP contribution in [0, 0.1) is 12.7 Å². The number of pyridine rings is 1. The van der Waals surface area contributed by atoms with Gasteiger partial charge in [-0.3, -0.25) is 9.36 Å². The first-order valence-corrected chi connectivity index (χ1v) is 17.1. The van der Waals surface area contributed by atoms with E-state index in [1.807, 2.05) is 35.2 Å². The molecule has 0 amide bonds. The highest BCUT2D eigenvalue weighted by molar-refractivity contribution is 7.91. The van der Waals surface area contributed by atoms with Gasteiger partial charge >= 0.3 is 0 Å². The molecular formula is C35H37FN6O4S. The summed E-state index contributed by atoms with van der Waals surface area (Å²) in [5.74, 6) is -0.290. The third kappa shape index (κ3) is 6.76. The minimum Gasteiger partial charge on any atom is -0.384 e. The Hall–Kier alpha value is -4.65. The Morgan fingerprint density at radius 2 is 1.74 bits per heavy atom. The quantitative estimate of drug-likeness (QED) is 0.220. The van der Waals surface area contributed by atoms with Gasteiger partial charge in [0, 0.05) is 55.1 Å². The molecule has 0 aliphatic carbocycles. The first kappa shape index (κ1) is 32.3. The highest BCUT2D eigenvalue weighted by Crippen LogP contribution is 2.29. The molecule has 3 aromatic carbocycles. The number of anilines is 3. The zero-order valence-electron chi connectivity index (χ0n) is 26.7. The molecular weight excluding hydrogens is 619 g/mol. The number of hydrogen-bond acceptors (Lipinski definition) is 9. The van der Waals surface area contributed by atoms with E-state index in [0.29, 0.717) is 57.9 Å². The van der Waals surface area contributed by atoms with E-state index < -0.39 is 9.84 Å². The summed E-state index contributed by atoms with van der Waals surface area (Å²) in [5.41, 5.74) is 3.24. The number of nitrogens with zero attached hydrogens (tertiary/aromatic N) is 4. The number of para-hydroxylation sites is 1. The van der Waals surface area contributed by atoms with Gasteiger partial charge in [0.2, 0.25) is 5.95 Å². The molecule has 0 radical (unpaired) electrons. The number of rotatable bonds is 9. The number of aryl methyl sites for hydroxylation is 1. The molecule has 244 valence electrons. The van der Waals surface area contributed by atoms with Gasteiger partial charge in [0.15, 0.2) is 15.5 Å². The SMILES string of the molecule is COCCS(=O)(=O)c1ccc(-c2cc3cnc(Nc4ccc(N5C[C@@H](C)N[C@@H](C)C5)c(F)c4)nc3n(-c3ccccc3)c2=O)c(C)c1. The Morgan fingerprint density at radius 1 is 1.00 bits per heavy atom. The number of fused-ring (bicyclic) bond motifs is 1. The number of benzene rings is 3. The van der Waals surface area contributed by atoms with Gasteiger partial charge in [-0.25, -0.2) is 17.8 Å². The lowest BCUT2D eigenvalue weighted by atomic mass is 10.0. The summed E-state index contributed by atoms with van der Waals surface area (Å²) in [7, 11) is -2.10. The van der Waals surface area contributed by atoms with Crippen LogP contribution >= 0.6 is 0 Å². The van der Waals surface area contributed by atoms with Crippen molar-refractivity contribution in [2.24, 2.45) is 0 Å². The van der Waals surface area contributed by atoms with Gasteiger partial charge in [-0.2, -0.15) is 4.98 Å². The zero-order chi connectivity index (χ0) is 33.3. The second-order valence-electron chi connectivity index (χ2n) is 12.0. The predicted octanol–water partition coefficient (Wildman–Crippen LogP) is 5.25. The van der Waals surface area contributed by atoms with Gasteiger partial charge < -0.3 is 20.3 Å². The van der Waals surface area contributed by atoms with Crippen LogP contribution < -0.4 is 21.1 Å². The number of nitrogens with one attached hydrogen (secondary N) is 2. The molecule has 12 heteroatoms. The van der Waals surface area contributed by atoms with E-state index in [1.54, 1.807) is 43.5 Å². The molecule has 1 fully saturated rings. The van der Waals surface area contributed by atoms with Crippen LogP contribution in [0.1, 0.15) is 19.4 Å². The van der Waals surface area contributed by atoms with Gasteiger partial charge in [0.1, 0.15) is 5.82 Å². The Kier molecular flexibility index (Phi) is 9.09. The Labute approximate surface area is 273 Å². The number of piperazine rings is 1. The van der Waals surface area contributed by atoms with Crippen molar-refractivity contribution in [1.82, 2.24) is 19.9 Å². The van der Waals surface area contributed by atoms with E-state index >= 15 is 4.39 Å². The molecule has 1 saturated heterocycles. The maximum absolute atomic E-state index is 15.3. The topological polar surface area (TPSA) is 118 Å². The minimum absolute atomic E-state index is 0.0852. The first-order chi connectivity index (χ1) is 22.5. The van der Waals surface area contributed by atoms with Crippen LogP contribution in [0.2, 0.25) is 0 Å². The summed E-state index contributed by atoms with van der Waals surface area (Å²) in [6.45, 7) is 7.44. The van der Waals surface area contributed by atoms with Crippen LogP contribution in [0.25, 0.3) is 27.8 Å². The van der Waals surface area contributed by atoms with Crippen molar-refractivity contribution >= 4 is 38.2 Å². The van der Waals surface area contributed by atoms with Gasteiger partial charge in [-0.15, -0.1) is 0 Å². The van der Waals surface area contributed by atoms with Crippen LogP contribution in [0.5, 0.6) is 0 Å². The highest BCUT2D eigenvalue weighted by Gasteiger charge is 2.24. The maximum Gasteiger partial charge on any atom is 0.264 e. The lowest BCUT2D eigenvalue weighted by Crippen LogP contribution is -2.54. The average molecular weight is 657 g/mol. The monoisotopic (exact) mass is 656 g/mol. The lowest BCUT2D eigenvalue weighted by molar-refractivity contribution is 0.217. The molecule has 1 aliphatic rings. The molecule has 2 N–H and O–H groups in total. The second kappa shape index (κ2) is 13.2. The molecule has 2 aromatic heterocycles. The zero-order valence-corrected chi connectivity index (χ0v) is 27.5. The summed E-state index contributed by atoms with van der Waals surface area (Å²) in [6.07, 6.45) is 1.61. The molecule has 6 rings (SSSR count). The van der Waals surface area contributed by atoms with Crippen molar-refractivity contribution in [3.8, 4) is 16.8 Å². The fourth-order valence-corrected chi connectivity index (χ4v) is 7.36. The summed E-state index contributed by atoms with van der Waals surface area (Å²) >= 11 is 0. The largest absolute Gasteiger partial charge is 0.384 e. The molecule has 0 saturated carbocycles. The number of halogens is 1. The fourth-order valence-electron chi connectivity index (χ4n) is 6.10. The second-order valence-corrected chi connectivity index (χ2v) is 14.1. The molecule has 0 bridgehead atoms. The molecule has 2 atom stereocenters. The van der Waals surface area contributed by atoms with Gasteiger partial charge in [-0.1, -0.05) is 24.3 Å². The van der Waals surface area contributed by atoms with Crippen molar-refractivity contribution in [3.63, 3.8) is 0 Å². The summed E-state index contributed by atoms with van der Waals surface area (Å²) < 4.78 is 47.3. The van der Waals surface area contributed by atoms with E-state index in [2.05, 4.69) is 29.5 Å². The van der Waals surface area contributed by atoms with Gasteiger partial charge in [-0.05, 0) is 80.4 Å². The van der Waals surface area contributed by atoms with Crippen molar-refractivity contribution < 1.29 is 17.5 Å². The fraction of sp³-hybridized carbons (Fsp3) is 0.286. The van der Waals surface area contributed by atoms with Crippen molar-refractivity contribution in [2.75, 3.05) is 42.8 Å². The van der Waals surface area contributed by atoms with Crippen molar-refractivity contribution in [2.45, 2.75) is 37.8 Å². The standard InChI is InChI=1S/C35H37FN6O4S/c1-22-16-28(47(44,45)15-14-46-4)11-12-29(22)30-17-25-19-37-35(40-33(25)42(34(30)43)27-8-6-5-7-9-27)39-26-10-13-32(31(36)18-26)41-20-23(2)38-24(3)21-41/h5-13,16-19,23-24,38H,14-15,20-21H2,1-4H3,(H,37,39,40)/t23-,24+. The predicted molar refractivity (Wildman–Crippen MR) is 183 cm³/mol. The van der Waals surface area contributed by atoms with Crippen LogP contribution in [0.3, 0.4) is 0 Å². The minimum atomic E-state index is -3.55. The molecule has 1 aliphatic heterocycles. The Bertz CT molecular complexity index is 2100. The normalized spacial score (nSPS) is 16.8. The third-order valence-electron chi connectivity index (χ3n) is 8.26. The Morgan fingerprint density at radius 3 is 2.43 bits per heavy atom. The third-order valence-corrected chi connectivity index (χ3v) is 9.94. The Balaban J connectivity index is 1.38. The van der Waals surface area contributed by atoms with Gasteiger partial charge in [0.05, 0.1) is 28.6 Å². The lowest BCUT2D eigenvalue weighted by Gasteiger charge is -2.37. The molecule has 0 spiro atoms. The molecule has 0 unspecified atom stereocenters. The van der Waals surface area contributed by atoms with Crippen LogP contribution in [0.4, 0.5) is 21.7 Å². The maximum atomic E-state index is 15.3. The van der Waals surface area contributed by atoms with Crippen molar-refractivity contribution in [1.29, 1.82) is 0 Å². The van der Waals surface area contributed by atoms with E-state index in [9.17, 15) is 13.2 Å². The van der Waals surface area contributed by atoms with E-state index in [4.69, 9.17) is 9.72 Å².